The van der Waals surface area contributed by atoms with E-state index < -0.39 is 25.2 Å². The molecule has 0 aliphatic rings. The summed E-state index contributed by atoms with van der Waals surface area (Å²) in [6.45, 7) is 0. The van der Waals surface area contributed by atoms with Crippen molar-refractivity contribution in [2.75, 3.05) is 11.5 Å². The monoisotopic (exact) mass is 810 g/mol. The highest BCUT2D eigenvalue weighted by Crippen LogP contribution is 2.32. The maximum atomic E-state index is 12.4. The number of unbranched alkanes of at least 4 members (excludes halogenated alkanes) is 12. The molecule has 0 heterocycles. The van der Waals surface area contributed by atoms with Crippen LogP contribution in [0.5, 0.6) is 0 Å². The van der Waals surface area contributed by atoms with Gasteiger partial charge in [0.25, 0.3) is 0 Å². The van der Waals surface area contributed by atoms with Gasteiger partial charge in [-0.15, -0.1) is 0 Å². The van der Waals surface area contributed by atoms with Crippen LogP contribution >= 0.6 is 11.8 Å². The molecule has 7 heteroatoms. The summed E-state index contributed by atoms with van der Waals surface area (Å²) in [6, 6.07) is 39.8. The molecule has 4 rings (SSSR count). The standard InChI is InChI=1S/C50H64F6S/c51-49(52,53)33-19-9-5-1-3-7-13-23-43-29-21-31-45(35-43)47(37-41-25-15-11-16-26-41)39-57-40-48(38-42-27-17-12-18-28-42)46-32-22-30-44(36-46)24-14-8-4-2-6-10-20-34-50(54,55)56/h11-12,15-18,21-22,25-32,35-36,47-48H,1-10,13-14,19-20,23-24,33-34,37-40H2. The fourth-order valence-corrected chi connectivity index (χ4v) is 9.10. The Morgan fingerprint density at radius 1 is 0.368 bits per heavy atom. The second kappa shape index (κ2) is 26.0. The Labute approximate surface area is 343 Å². The third kappa shape index (κ3) is 20.9. The Bertz CT molecular complexity index is 1500. The molecule has 312 valence electrons. The fraction of sp³-hybridized carbons (Fsp3) is 0.520. The SMILES string of the molecule is FC(F)(F)CCCCCCCCCc1cccc(C(CSCC(Cc2ccccc2)c2cccc(CCCCCCCCCC(F)(F)F)c2)Cc2ccccc2)c1. The van der Waals surface area contributed by atoms with Gasteiger partial charge in [-0.2, -0.15) is 38.1 Å². The highest BCUT2D eigenvalue weighted by molar-refractivity contribution is 7.99. The van der Waals surface area contributed by atoms with Crippen LogP contribution in [-0.2, 0) is 25.7 Å². The van der Waals surface area contributed by atoms with Gasteiger partial charge in [-0.1, -0.05) is 173 Å². The normalized spacial score (nSPS) is 13.2. The number of hydrogen-bond acceptors (Lipinski definition) is 1. The lowest BCUT2D eigenvalue weighted by Gasteiger charge is -2.22. The van der Waals surface area contributed by atoms with E-state index in [1.807, 2.05) is 0 Å². The van der Waals surface area contributed by atoms with Gasteiger partial charge in [-0.3, -0.25) is 0 Å². The van der Waals surface area contributed by atoms with Crippen molar-refractivity contribution in [3.05, 3.63) is 143 Å². The van der Waals surface area contributed by atoms with Crippen molar-refractivity contribution in [1.82, 2.24) is 0 Å². The minimum absolute atomic E-state index is 0.242. The first-order valence-corrected chi connectivity index (χ1v) is 22.7. The molecule has 4 aromatic rings. The molecule has 57 heavy (non-hydrogen) atoms. The van der Waals surface area contributed by atoms with Gasteiger partial charge in [0.15, 0.2) is 0 Å². The van der Waals surface area contributed by atoms with Crippen LogP contribution in [0.2, 0.25) is 0 Å². The average Bonchev–Trinajstić information content (AvgIpc) is 3.19. The number of hydrogen-bond donors (Lipinski definition) is 0. The molecule has 0 nitrogen and oxygen atoms in total. The van der Waals surface area contributed by atoms with Crippen molar-refractivity contribution in [2.45, 2.75) is 153 Å². The molecule has 0 aliphatic heterocycles. The van der Waals surface area contributed by atoms with Gasteiger partial charge in [-0.05, 0) is 96.6 Å². The molecule has 4 aromatic carbocycles. The van der Waals surface area contributed by atoms with E-state index in [1.165, 1.54) is 33.4 Å². The van der Waals surface area contributed by atoms with E-state index in [1.54, 1.807) is 0 Å². The largest absolute Gasteiger partial charge is 0.389 e. The Kier molecular flexibility index (Phi) is 21.2. The summed E-state index contributed by atoms with van der Waals surface area (Å²) in [7, 11) is 0. The van der Waals surface area contributed by atoms with Crippen LogP contribution in [0.15, 0.2) is 109 Å². The molecule has 0 saturated carbocycles. The lowest BCUT2D eigenvalue weighted by Crippen LogP contribution is -2.11. The molecule has 0 N–H and O–H groups in total. The predicted octanol–water partition coefficient (Wildman–Crippen LogP) is 16.2. The molecule has 0 saturated heterocycles. The first-order chi connectivity index (χ1) is 27.5. The van der Waals surface area contributed by atoms with Crippen LogP contribution in [0.4, 0.5) is 26.3 Å². The van der Waals surface area contributed by atoms with Crippen LogP contribution in [0.3, 0.4) is 0 Å². The van der Waals surface area contributed by atoms with Crippen molar-refractivity contribution in [2.24, 2.45) is 0 Å². The van der Waals surface area contributed by atoms with Crippen molar-refractivity contribution in [1.29, 1.82) is 0 Å². The highest BCUT2D eigenvalue weighted by atomic mass is 32.2. The van der Waals surface area contributed by atoms with E-state index in [2.05, 4.69) is 121 Å². The smallest absolute Gasteiger partial charge is 0.171 e. The van der Waals surface area contributed by atoms with Crippen molar-refractivity contribution in [3.63, 3.8) is 0 Å². The molecule has 2 atom stereocenters. The minimum Gasteiger partial charge on any atom is -0.171 e. The molecule has 0 amide bonds. The van der Waals surface area contributed by atoms with Gasteiger partial charge in [0, 0.05) is 24.3 Å². The maximum absolute atomic E-state index is 12.4. The van der Waals surface area contributed by atoms with Crippen LogP contribution in [0, 0.1) is 0 Å². The average molecular weight is 811 g/mol. The van der Waals surface area contributed by atoms with E-state index in [-0.39, 0.29) is 12.8 Å². The van der Waals surface area contributed by atoms with Gasteiger partial charge in [0.2, 0.25) is 0 Å². The Balaban J connectivity index is 1.31. The van der Waals surface area contributed by atoms with E-state index >= 15 is 0 Å². The molecule has 2 unspecified atom stereocenters. The molecule has 0 radical (unpaired) electrons. The van der Waals surface area contributed by atoms with Gasteiger partial charge >= 0.3 is 12.4 Å². The lowest BCUT2D eigenvalue weighted by atomic mass is 9.91. The number of halogens is 6. The second-order valence-electron chi connectivity index (χ2n) is 16.0. The maximum Gasteiger partial charge on any atom is 0.389 e. The molecule has 0 bridgehead atoms. The fourth-order valence-electron chi connectivity index (χ4n) is 7.78. The van der Waals surface area contributed by atoms with Gasteiger partial charge in [-0.25, -0.2) is 0 Å². The van der Waals surface area contributed by atoms with Crippen molar-refractivity contribution >= 4 is 11.8 Å². The zero-order valence-corrected chi connectivity index (χ0v) is 34.6. The van der Waals surface area contributed by atoms with Crippen molar-refractivity contribution in [3.8, 4) is 0 Å². The minimum atomic E-state index is -4.04. The summed E-state index contributed by atoms with van der Waals surface area (Å²) in [5.74, 6) is 2.80. The van der Waals surface area contributed by atoms with Crippen LogP contribution in [0.25, 0.3) is 0 Å². The number of aryl methyl sites for hydroxylation is 2. The van der Waals surface area contributed by atoms with E-state index in [4.69, 9.17) is 0 Å². The summed E-state index contributed by atoms with van der Waals surface area (Å²) in [6.07, 6.45) is 6.74. The first kappa shape index (κ1) is 46.5. The predicted molar refractivity (Wildman–Crippen MR) is 229 cm³/mol. The number of benzene rings is 4. The molecule has 0 spiro atoms. The second-order valence-corrected chi connectivity index (χ2v) is 17.1. The summed E-state index contributed by atoms with van der Waals surface area (Å²) >= 11 is 2.05. The molecule has 0 aromatic heterocycles. The van der Waals surface area contributed by atoms with Gasteiger partial charge in [0.1, 0.15) is 0 Å². The topological polar surface area (TPSA) is 0 Å². The molecular weight excluding hydrogens is 747 g/mol. The van der Waals surface area contributed by atoms with Crippen LogP contribution in [0.1, 0.15) is 148 Å². The highest BCUT2D eigenvalue weighted by Gasteiger charge is 2.26. The van der Waals surface area contributed by atoms with E-state index in [0.29, 0.717) is 24.7 Å². The Hall–Kier alpha value is -3.19. The quantitative estimate of drug-likeness (QED) is 0.0407. The molecular formula is C50H64F6S. The van der Waals surface area contributed by atoms with Crippen LogP contribution < -0.4 is 0 Å². The first-order valence-electron chi connectivity index (χ1n) is 21.5. The Morgan fingerprint density at radius 3 is 1.07 bits per heavy atom. The van der Waals surface area contributed by atoms with E-state index in [9.17, 15) is 26.3 Å². The summed E-state index contributed by atoms with van der Waals surface area (Å²) in [5.41, 5.74) is 8.19. The molecule has 0 fully saturated rings. The third-order valence-corrected chi connectivity index (χ3v) is 12.3. The molecule has 0 aliphatic carbocycles. The van der Waals surface area contributed by atoms with Crippen molar-refractivity contribution < 1.29 is 26.3 Å². The zero-order valence-electron chi connectivity index (χ0n) is 33.8. The van der Waals surface area contributed by atoms with E-state index in [0.717, 1.165) is 101 Å². The summed E-state index contributed by atoms with van der Waals surface area (Å²) in [4.78, 5) is 0. The van der Waals surface area contributed by atoms with Gasteiger partial charge in [0.05, 0.1) is 0 Å². The third-order valence-electron chi connectivity index (χ3n) is 11.0. The zero-order chi connectivity index (χ0) is 40.6. The lowest BCUT2D eigenvalue weighted by molar-refractivity contribution is -0.136. The summed E-state index contributed by atoms with van der Waals surface area (Å²) in [5, 5.41) is 0. The number of alkyl halides is 6. The number of thioether (sulfide) groups is 1. The summed E-state index contributed by atoms with van der Waals surface area (Å²) < 4.78 is 74.4. The van der Waals surface area contributed by atoms with Crippen LogP contribution in [-0.4, -0.2) is 23.9 Å². The number of rotatable bonds is 28. The van der Waals surface area contributed by atoms with Gasteiger partial charge < -0.3 is 0 Å². The Morgan fingerprint density at radius 2 is 0.702 bits per heavy atom.